The molecule has 0 aliphatic heterocycles. The molecule has 2 heterocycles. The molecule has 0 spiro atoms. The van der Waals surface area contributed by atoms with Gasteiger partial charge in [-0.05, 0) is 92.0 Å². The van der Waals surface area contributed by atoms with Crippen LogP contribution in [0.25, 0.3) is 117 Å². The maximum Gasteiger partial charge on any atom is 0.164 e. The molecule has 2 aromatic heterocycles. The lowest BCUT2D eigenvalue weighted by atomic mass is 9.94. The van der Waals surface area contributed by atoms with Gasteiger partial charge in [-0.25, -0.2) is 15.0 Å². The number of para-hydroxylation sites is 1. The summed E-state index contributed by atoms with van der Waals surface area (Å²) in [5, 5.41) is 2.43. The van der Waals surface area contributed by atoms with Gasteiger partial charge in [-0.3, -0.25) is 0 Å². The van der Waals surface area contributed by atoms with Crippen molar-refractivity contribution >= 4 is 21.8 Å². The molecule has 0 atom stereocenters. The fourth-order valence-electron chi connectivity index (χ4n) is 9.33. The molecule has 12 aromatic rings. The molecule has 4 heteroatoms. The monoisotopic (exact) mass is 854 g/mol. The Morgan fingerprint density at radius 1 is 0.239 bits per heavy atom. The van der Waals surface area contributed by atoms with Crippen LogP contribution in [0.1, 0.15) is 0 Å². The molecule has 0 radical (unpaired) electrons. The van der Waals surface area contributed by atoms with Crippen molar-refractivity contribution in [3.63, 3.8) is 0 Å². The lowest BCUT2D eigenvalue weighted by Crippen LogP contribution is -2.00. The molecule has 0 amide bonds. The van der Waals surface area contributed by atoms with E-state index in [0.717, 1.165) is 50.1 Å². The standard InChI is InChI=1S/C63H42N4/c1-6-18-43(19-7-1)46-30-34-50(35-31-46)62-64-61(49-26-14-5-15-27-49)65-63(66-62)51-36-32-47(33-37-51)54-41-57(48-24-12-4-13-25-48)60-56-28-16-17-29-58(56)67(59(60)42-54)55-39-52(44-20-8-2-9-21-44)38-53(40-55)45-22-10-3-11-23-45/h1-42H. The van der Waals surface area contributed by atoms with Gasteiger partial charge in [0.05, 0.1) is 11.0 Å². The predicted molar refractivity (Wildman–Crippen MR) is 278 cm³/mol. The van der Waals surface area contributed by atoms with Crippen LogP contribution in [-0.4, -0.2) is 19.5 Å². The number of fused-ring (bicyclic) bond motifs is 3. The van der Waals surface area contributed by atoms with E-state index in [2.05, 4.69) is 223 Å². The summed E-state index contributed by atoms with van der Waals surface area (Å²) in [4.78, 5) is 15.2. The second-order valence-corrected chi connectivity index (χ2v) is 16.8. The SMILES string of the molecule is c1ccc(-c2ccc(-c3nc(-c4ccccc4)nc(-c4ccc(-c5cc(-c6ccccc6)c6c7ccccc7n(-c7cc(-c8ccccc8)cc(-c8ccccc8)c7)c6c5)cc4)n3)cc2)cc1. The molecule has 314 valence electrons. The minimum Gasteiger partial charge on any atom is -0.309 e. The Kier molecular flexibility index (Phi) is 10.2. The van der Waals surface area contributed by atoms with Crippen LogP contribution >= 0.6 is 0 Å². The first-order valence-electron chi connectivity index (χ1n) is 22.7. The van der Waals surface area contributed by atoms with E-state index in [1.54, 1.807) is 0 Å². The van der Waals surface area contributed by atoms with Gasteiger partial charge in [0.1, 0.15) is 0 Å². The van der Waals surface area contributed by atoms with Gasteiger partial charge < -0.3 is 4.57 Å². The van der Waals surface area contributed by atoms with E-state index in [9.17, 15) is 0 Å². The van der Waals surface area contributed by atoms with Crippen LogP contribution in [0, 0.1) is 0 Å². The van der Waals surface area contributed by atoms with Crippen LogP contribution in [0.15, 0.2) is 255 Å². The zero-order valence-electron chi connectivity index (χ0n) is 36.5. The van der Waals surface area contributed by atoms with Gasteiger partial charge in [-0.15, -0.1) is 0 Å². The summed E-state index contributed by atoms with van der Waals surface area (Å²) in [6.45, 7) is 0. The van der Waals surface area contributed by atoms with Crippen molar-refractivity contribution in [1.29, 1.82) is 0 Å². The molecule has 0 fully saturated rings. The first-order chi connectivity index (χ1) is 33.2. The number of hydrogen-bond donors (Lipinski definition) is 0. The van der Waals surface area contributed by atoms with Gasteiger partial charge in [0, 0.05) is 33.2 Å². The molecule has 0 N–H and O–H groups in total. The summed E-state index contributed by atoms with van der Waals surface area (Å²) in [6.07, 6.45) is 0. The Morgan fingerprint density at radius 2 is 0.582 bits per heavy atom. The average molecular weight is 855 g/mol. The molecule has 0 saturated carbocycles. The van der Waals surface area contributed by atoms with E-state index in [-0.39, 0.29) is 0 Å². The van der Waals surface area contributed by atoms with Crippen molar-refractivity contribution in [1.82, 2.24) is 19.5 Å². The molecule has 0 bridgehead atoms. The van der Waals surface area contributed by atoms with Crippen LogP contribution in [0.4, 0.5) is 0 Å². The Balaban J connectivity index is 1.01. The third-order valence-electron chi connectivity index (χ3n) is 12.6. The molecule has 0 aliphatic carbocycles. The molecular weight excluding hydrogens is 813 g/mol. The Bertz CT molecular complexity index is 3620. The zero-order valence-corrected chi connectivity index (χ0v) is 36.5. The van der Waals surface area contributed by atoms with E-state index >= 15 is 0 Å². The van der Waals surface area contributed by atoms with Gasteiger partial charge in [0.25, 0.3) is 0 Å². The maximum absolute atomic E-state index is 5.10. The summed E-state index contributed by atoms with van der Waals surface area (Å²) < 4.78 is 2.46. The average Bonchev–Trinajstić information content (AvgIpc) is 3.76. The van der Waals surface area contributed by atoms with Crippen LogP contribution in [0.5, 0.6) is 0 Å². The van der Waals surface area contributed by atoms with Gasteiger partial charge in [0.15, 0.2) is 17.5 Å². The predicted octanol–water partition coefficient (Wildman–Crippen LogP) is 16.3. The van der Waals surface area contributed by atoms with Crippen molar-refractivity contribution in [3.05, 3.63) is 255 Å². The smallest absolute Gasteiger partial charge is 0.164 e. The molecule has 12 rings (SSSR count). The van der Waals surface area contributed by atoms with Crippen molar-refractivity contribution < 1.29 is 0 Å². The maximum atomic E-state index is 5.10. The number of hydrogen-bond acceptors (Lipinski definition) is 3. The third kappa shape index (κ3) is 7.67. The fourth-order valence-corrected chi connectivity index (χ4v) is 9.33. The van der Waals surface area contributed by atoms with E-state index in [1.807, 2.05) is 36.4 Å². The third-order valence-corrected chi connectivity index (χ3v) is 12.6. The first kappa shape index (κ1) is 39.6. The van der Waals surface area contributed by atoms with Crippen molar-refractivity contribution in [3.8, 4) is 95.5 Å². The van der Waals surface area contributed by atoms with Crippen LogP contribution < -0.4 is 0 Å². The fraction of sp³-hybridized carbons (Fsp3) is 0. The quantitative estimate of drug-likeness (QED) is 0.145. The van der Waals surface area contributed by atoms with E-state index < -0.39 is 0 Å². The number of rotatable bonds is 9. The summed E-state index contributed by atoms with van der Waals surface area (Å²) in [7, 11) is 0. The second-order valence-electron chi connectivity index (χ2n) is 16.8. The lowest BCUT2D eigenvalue weighted by Gasteiger charge is -2.15. The summed E-state index contributed by atoms with van der Waals surface area (Å²) in [5.41, 5.74) is 17.7. The summed E-state index contributed by atoms with van der Waals surface area (Å²) >= 11 is 0. The highest BCUT2D eigenvalue weighted by Gasteiger charge is 2.20. The highest BCUT2D eigenvalue weighted by atomic mass is 15.0. The van der Waals surface area contributed by atoms with Gasteiger partial charge >= 0.3 is 0 Å². The molecule has 0 unspecified atom stereocenters. The molecular formula is C63H42N4. The van der Waals surface area contributed by atoms with Crippen LogP contribution in [0.2, 0.25) is 0 Å². The van der Waals surface area contributed by atoms with Crippen molar-refractivity contribution in [2.45, 2.75) is 0 Å². The molecule has 4 nitrogen and oxygen atoms in total. The highest BCUT2D eigenvalue weighted by molar-refractivity contribution is 6.17. The highest BCUT2D eigenvalue weighted by Crippen LogP contribution is 2.43. The Morgan fingerprint density at radius 3 is 1.07 bits per heavy atom. The minimum absolute atomic E-state index is 0.621. The Labute approximate surface area is 389 Å². The normalized spacial score (nSPS) is 11.3. The second kappa shape index (κ2) is 17.2. The van der Waals surface area contributed by atoms with Gasteiger partial charge in [-0.2, -0.15) is 0 Å². The van der Waals surface area contributed by atoms with Crippen LogP contribution in [0.3, 0.4) is 0 Å². The van der Waals surface area contributed by atoms with Crippen molar-refractivity contribution in [2.75, 3.05) is 0 Å². The number of benzene rings is 10. The van der Waals surface area contributed by atoms with E-state index in [0.29, 0.717) is 17.5 Å². The molecule has 10 aromatic carbocycles. The van der Waals surface area contributed by atoms with Crippen LogP contribution in [-0.2, 0) is 0 Å². The molecule has 67 heavy (non-hydrogen) atoms. The number of aromatic nitrogens is 4. The summed E-state index contributed by atoms with van der Waals surface area (Å²) in [5.74, 6) is 1.88. The van der Waals surface area contributed by atoms with Gasteiger partial charge in [-0.1, -0.05) is 218 Å². The number of nitrogens with zero attached hydrogens (tertiary/aromatic N) is 4. The van der Waals surface area contributed by atoms with E-state index in [4.69, 9.17) is 15.0 Å². The first-order valence-corrected chi connectivity index (χ1v) is 22.7. The molecule has 0 saturated heterocycles. The molecule has 0 aliphatic rings. The largest absolute Gasteiger partial charge is 0.309 e. The Hall–Kier alpha value is -8.99. The van der Waals surface area contributed by atoms with Crippen molar-refractivity contribution in [2.24, 2.45) is 0 Å². The van der Waals surface area contributed by atoms with Gasteiger partial charge in [0.2, 0.25) is 0 Å². The lowest BCUT2D eigenvalue weighted by molar-refractivity contribution is 1.07. The van der Waals surface area contributed by atoms with E-state index in [1.165, 1.54) is 49.7 Å². The minimum atomic E-state index is 0.621. The summed E-state index contributed by atoms with van der Waals surface area (Å²) in [6, 6.07) is 90.3. The zero-order chi connectivity index (χ0) is 44.5. The topological polar surface area (TPSA) is 43.6 Å².